The molecule has 2 fully saturated rings. The predicted octanol–water partition coefficient (Wildman–Crippen LogP) is 5.68. The third kappa shape index (κ3) is 2.91. The van der Waals surface area contributed by atoms with Crippen molar-refractivity contribution >= 4 is 22.8 Å². The number of aryl methyl sites for hydroxylation is 1. The molecular formula is C22H24ClN3O. The maximum atomic E-state index is 6.57. The van der Waals surface area contributed by atoms with E-state index in [0.29, 0.717) is 11.1 Å². The number of nitrogens with zero attached hydrogens (tertiary/aromatic N) is 3. The van der Waals surface area contributed by atoms with Gasteiger partial charge in [-0.05, 0) is 61.8 Å². The monoisotopic (exact) mass is 381 g/mol. The fourth-order valence-corrected chi connectivity index (χ4v) is 4.61. The normalized spacial score (nSPS) is 17.0. The number of rotatable bonds is 6. The van der Waals surface area contributed by atoms with Gasteiger partial charge in [0.05, 0.1) is 12.1 Å². The van der Waals surface area contributed by atoms with Crippen LogP contribution in [0.5, 0.6) is 5.75 Å². The lowest BCUT2D eigenvalue weighted by Crippen LogP contribution is -2.16. The molecule has 0 atom stereocenters. The maximum absolute atomic E-state index is 6.57. The highest BCUT2D eigenvalue weighted by Gasteiger charge is 2.44. The van der Waals surface area contributed by atoms with Crippen molar-refractivity contribution in [3.63, 3.8) is 0 Å². The van der Waals surface area contributed by atoms with Gasteiger partial charge in [-0.25, -0.2) is 9.97 Å². The summed E-state index contributed by atoms with van der Waals surface area (Å²) in [6.07, 6.45) is 8.18. The van der Waals surface area contributed by atoms with Gasteiger partial charge in [-0.2, -0.15) is 0 Å². The van der Waals surface area contributed by atoms with E-state index in [1.807, 2.05) is 30.5 Å². The molecule has 3 aromatic rings. The van der Waals surface area contributed by atoms with Gasteiger partial charge in [0, 0.05) is 29.8 Å². The van der Waals surface area contributed by atoms with E-state index < -0.39 is 0 Å². The maximum Gasteiger partial charge on any atom is 0.160 e. The Labute approximate surface area is 164 Å². The molecule has 1 aromatic carbocycles. The number of hydrogen-bond donors (Lipinski definition) is 0. The number of halogens is 1. The van der Waals surface area contributed by atoms with Gasteiger partial charge in [0.25, 0.3) is 0 Å². The molecule has 0 N–H and O–H groups in total. The standard InChI is InChI=1S/C22H24ClN3O/c1-3-19-25-20-17(16-9-8-15(27-2)12-18(16)23)10-11-24-22(20)26(19)21(13-4-5-13)14-6-7-14/h8-14,21H,3-7H2,1-2H3. The molecule has 0 saturated heterocycles. The molecule has 4 nitrogen and oxygen atoms in total. The summed E-state index contributed by atoms with van der Waals surface area (Å²) in [5.41, 5.74) is 4.01. The SMILES string of the molecule is CCc1nc2c(-c3ccc(OC)cc3Cl)ccnc2n1C(C1CC1)C1CC1. The average molecular weight is 382 g/mol. The first-order valence-electron chi connectivity index (χ1n) is 9.91. The molecule has 27 heavy (non-hydrogen) atoms. The zero-order valence-electron chi connectivity index (χ0n) is 15.8. The van der Waals surface area contributed by atoms with E-state index in [4.69, 9.17) is 26.3 Å². The van der Waals surface area contributed by atoms with E-state index in [1.165, 1.54) is 25.7 Å². The van der Waals surface area contributed by atoms with Gasteiger partial charge in [-0.3, -0.25) is 0 Å². The Hall–Kier alpha value is -2.07. The molecule has 5 heteroatoms. The molecule has 0 unspecified atom stereocenters. The molecule has 2 aliphatic rings. The number of benzene rings is 1. The number of fused-ring (bicyclic) bond motifs is 1. The molecule has 0 spiro atoms. The lowest BCUT2D eigenvalue weighted by molar-refractivity contribution is 0.391. The van der Waals surface area contributed by atoms with E-state index in [1.54, 1.807) is 7.11 Å². The average Bonchev–Trinajstić information content (AvgIpc) is 3.60. The van der Waals surface area contributed by atoms with Crippen LogP contribution < -0.4 is 4.74 Å². The Morgan fingerprint density at radius 3 is 2.48 bits per heavy atom. The number of methoxy groups -OCH3 is 1. The summed E-state index contributed by atoms with van der Waals surface area (Å²) in [4.78, 5) is 9.82. The second kappa shape index (κ2) is 6.52. The number of imidazole rings is 1. The van der Waals surface area contributed by atoms with Crippen LogP contribution in [0.25, 0.3) is 22.3 Å². The fraction of sp³-hybridized carbons (Fsp3) is 0.455. The lowest BCUT2D eigenvalue weighted by atomic mass is 10.0. The largest absolute Gasteiger partial charge is 0.497 e. The molecule has 2 saturated carbocycles. The van der Waals surface area contributed by atoms with Crippen molar-refractivity contribution in [1.29, 1.82) is 0 Å². The van der Waals surface area contributed by atoms with Crippen LogP contribution in [0.2, 0.25) is 5.02 Å². The van der Waals surface area contributed by atoms with Crippen LogP contribution in [-0.2, 0) is 6.42 Å². The van der Waals surface area contributed by atoms with E-state index in [0.717, 1.165) is 52.1 Å². The van der Waals surface area contributed by atoms with Gasteiger partial charge >= 0.3 is 0 Å². The van der Waals surface area contributed by atoms with Crippen molar-refractivity contribution in [3.05, 3.63) is 41.3 Å². The molecule has 0 aliphatic heterocycles. The summed E-state index contributed by atoms with van der Waals surface area (Å²) in [6.45, 7) is 2.19. The molecule has 2 aromatic heterocycles. The van der Waals surface area contributed by atoms with Crippen molar-refractivity contribution < 1.29 is 4.74 Å². The fourth-order valence-electron chi connectivity index (χ4n) is 4.34. The molecule has 0 amide bonds. The Morgan fingerprint density at radius 2 is 1.89 bits per heavy atom. The van der Waals surface area contributed by atoms with Gasteiger partial charge in [-0.1, -0.05) is 18.5 Å². The third-order valence-electron chi connectivity index (χ3n) is 5.94. The zero-order valence-corrected chi connectivity index (χ0v) is 16.5. The molecule has 140 valence electrons. The summed E-state index contributed by atoms with van der Waals surface area (Å²) in [5.74, 6) is 3.51. The summed E-state index contributed by atoms with van der Waals surface area (Å²) < 4.78 is 7.76. The first-order chi connectivity index (χ1) is 13.2. The lowest BCUT2D eigenvalue weighted by Gasteiger charge is -2.20. The van der Waals surface area contributed by atoms with Crippen molar-refractivity contribution in [3.8, 4) is 16.9 Å². The van der Waals surface area contributed by atoms with Crippen molar-refractivity contribution in [2.45, 2.75) is 45.1 Å². The van der Waals surface area contributed by atoms with Crippen LogP contribution in [-0.4, -0.2) is 21.6 Å². The topological polar surface area (TPSA) is 39.9 Å². The number of ether oxygens (including phenoxy) is 1. The zero-order chi connectivity index (χ0) is 18.5. The van der Waals surface area contributed by atoms with E-state index in [9.17, 15) is 0 Å². The Morgan fingerprint density at radius 1 is 1.15 bits per heavy atom. The van der Waals surface area contributed by atoms with Gasteiger partial charge in [0.1, 0.15) is 17.1 Å². The minimum atomic E-state index is 0.569. The molecule has 0 bridgehead atoms. The first kappa shape index (κ1) is 17.1. The molecule has 2 aliphatic carbocycles. The Kier molecular flexibility index (Phi) is 4.12. The van der Waals surface area contributed by atoms with Crippen molar-refractivity contribution in [1.82, 2.24) is 14.5 Å². The Bertz CT molecular complexity index is 992. The van der Waals surface area contributed by atoms with Gasteiger partial charge < -0.3 is 9.30 Å². The smallest absolute Gasteiger partial charge is 0.160 e. The van der Waals surface area contributed by atoms with Crippen LogP contribution in [0.15, 0.2) is 30.5 Å². The third-order valence-corrected chi connectivity index (χ3v) is 6.26. The van der Waals surface area contributed by atoms with Crippen molar-refractivity contribution in [2.75, 3.05) is 7.11 Å². The van der Waals surface area contributed by atoms with Crippen LogP contribution >= 0.6 is 11.6 Å². The van der Waals surface area contributed by atoms with Crippen LogP contribution in [0.3, 0.4) is 0 Å². The molecule has 5 rings (SSSR count). The van der Waals surface area contributed by atoms with E-state index >= 15 is 0 Å². The quantitative estimate of drug-likeness (QED) is 0.551. The number of hydrogen-bond acceptors (Lipinski definition) is 3. The second-order valence-electron chi connectivity index (χ2n) is 7.79. The summed E-state index contributed by atoms with van der Waals surface area (Å²) in [7, 11) is 1.65. The highest BCUT2D eigenvalue weighted by molar-refractivity contribution is 6.33. The summed E-state index contributed by atoms with van der Waals surface area (Å²) in [6, 6.07) is 8.41. The van der Waals surface area contributed by atoms with Gasteiger partial charge in [0.15, 0.2) is 5.65 Å². The van der Waals surface area contributed by atoms with Gasteiger partial charge in [-0.15, -0.1) is 0 Å². The Balaban J connectivity index is 1.70. The van der Waals surface area contributed by atoms with Crippen molar-refractivity contribution in [2.24, 2.45) is 11.8 Å². The summed E-state index contributed by atoms with van der Waals surface area (Å²) >= 11 is 6.57. The number of pyridine rings is 1. The minimum Gasteiger partial charge on any atom is -0.497 e. The van der Waals surface area contributed by atoms with E-state index in [2.05, 4.69) is 11.5 Å². The van der Waals surface area contributed by atoms with Gasteiger partial charge in [0.2, 0.25) is 0 Å². The predicted molar refractivity (Wildman–Crippen MR) is 108 cm³/mol. The molecular weight excluding hydrogens is 358 g/mol. The van der Waals surface area contributed by atoms with Crippen LogP contribution in [0.1, 0.15) is 44.5 Å². The number of aromatic nitrogens is 3. The second-order valence-corrected chi connectivity index (χ2v) is 8.20. The highest BCUT2D eigenvalue weighted by Crippen LogP contribution is 2.53. The minimum absolute atomic E-state index is 0.569. The molecule has 0 radical (unpaired) electrons. The highest BCUT2D eigenvalue weighted by atomic mass is 35.5. The summed E-state index contributed by atoms with van der Waals surface area (Å²) in [5, 5.41) is 0.676. The van der Waals surface area contributed by atoms with E-state index in [-0.39, 0.29) is 0 Å². The molecule has 2 heterocycles. The first-order valence-corrected chi connectivity index (χ1v) is 10.3. The van der Waals surface area contributed by atoms with Crippen LogP contribution in [0, 0.1) is 11.8 Å². The van der Waals surface area contributed by atoms with Crippen LogP contribution in [0.4, 0.5) is 0 Å².